The normalized spacial score (nSPS) is 20.6. The van der Waals surface area contributed by atoms with Gasteiger partial charge in [-0.15, -0.1) is 0 Å². The van der Waals surface area contributed by atoms with E-state index >= 15 is 0 Å². The number of likely N-dealkylation sites (N-methyl/N-ethyl adjacent to an activating group) is 1. The Morgan fingerprint density at radius 2 is 1.85 bits per heavy atom. The van der Waals surface area contributed by atoms with Crippen molar-refractivity contribution in [2.24, 2.45) is 4.99 Å². The standard InChI is InChI=1S/C23H27Cl2N6O3/c1-15-13-30-19-20(26-22(30)29(15)8-4-7-28-9-11-34-12-10-28)27(2)23(33)31(21(19)32)14-16-17(24)5-3-6-18(16)25/h3,5-6,13,19H,4,7-12,14H2,1-2H3/q+1. The number of rotatable bonds is 6. The maximum absolute atomic E-state index is 13.6. The number of nitrogens with zero attached hydrogens (tertiary/aromatic N) is 6. The summed E-state index contributed by atoms with van der Waals surface area (Å²) in [7, 11) is 1.64. The van der Waals surface area contributed by atoms with Gasteiger partial charge < -0.3 is 4.74 Å². The molecule has 0 bridgehead atoms. The topological polar surface area (TPSA) is 74.3 Å². The van der Waals surface area contributed by atoms with E-state index in [0.29, 0.717) is 27.4 Å². The van der Waals surface area contributed by atoms with Crippen LogP contribution in [0.2, 0.25) is 10.0 Å². The Morgan fingerprint density at radius 1 is 1.15 bits per heavy atom. The predicted molar refractivity (Wildman–Crippen MR) is 128 cm³/mol. The molecule has 1 aromatic carbocycles. The molecule has 11 heteroatoms. The minimum absolute atomic E-state index is 0.000569. The number of benzene rings is 1. The van der Waals surface area contributed by atoms with Crippen LogP contribution in [0.5, 0.6) is 0 Å². The van der Waals surface area contributed by atoms with Gasteiger partial charge in [0.25, 0.3) is 5.91 Å². The summed E-state index contributed by atoms with van der Waals surface area (Å²) in [4.78, 5) is 36.4. The summed E-state index contributed by atoms with van der Waals surface area (Å²) in [6, 6.07) is 3.98. The molecule has 2 aromatic rings. The summed E-state index contributed by atoms with van der Waals surface area (Å²) in [5, 5.41) is 0.828. The quantitative estimate of drug-likeness (QED) is 0.565. The van der Waals surface area contributed by atoms with E-state index in [2.05, 4.69) is 9.47 Å². The number of carbonyl (C=O) groups is 2. The summed E-state index contributed by atoms with van der Waals surface area (Å²) in [6.07, 6.45) is 2.89. The fourth-order valence-electron chi connectivity index (χ4n) is 4.77. The van der Waals surface area contributed by atoms with Crippen LogP contribution < -0.4 is 4.57 Å². The SMILES string of the molecule is Cc1c[n+]2c(n1CCCN1CCOCC1)N=C1C2C(=O)N(Cc2c(Cl)cccc2Cl)C(=O)N1C. The molecule has 4 heterocycles. The highest BCUT2D eigenvalue weighted by molar-refractivity contribution is 6.36. The third-order valence-corrected chi connectivity index (χ3v) is 7.37. The fraction of sp³-hybridized carbons (Fsp3) is 0.478. The van der Waals surface area contributed by atoms with Gasteiger partial charge in [-0.25, -0.2) is 13.9 Å². The van der Waals surface area contributed by atoms with Gasteiger partial charge in [0, 0.05) is 42.3 Å². The highest BCUT2D eigenvalue weighted by atomic mass is 35.5. The zero-order valence-corrected chi connectivity index (χ0v) is 20.7. The number of imide groups is 1. The first-order valence-electron chi connectivity index (χ1n) is 11.4. The van der Waals surface area contributed by atoms with E-state index in [9.17, 15) is 9.59 Å². The Bertz CT molecular complexity index is 1150. The van der Waals surface area contributed by atoms with E-state index in [1.807, 2.05) is 17.7 Å². The number of fused-ring (bicyclic) bond motifs is 3. The molecule has 0 saturated carbocycles. The van der Waals surface area contributed by atoms with Gasteiger partial charge >= 0.3 is 12.0 Å². The number of urea groups is 1. The van der Waals surface area contributed by atoms with Gasteiger partial charge in [0.1, 0.15) is 11.9 Å². The van der Waals surface area contributed by atoms with Crippen LogP contribution in [0.25, 0.3) is 0 Å². The smallest absolute Gasteiger partial charge is 0.379 e. The van der Waals surface area contributed by atoms with Gasteiger partial charge in [-0.05, 0) is 25.5 Å². The third-order valence-electron chi connectivity index (χ3n) is 6.66. The average molecular weight is 506 g/mol. The summed E-state index contributed by atoms with van der Waals surface area (Å²) in [6.45, 7) is 7.23. The first-order valence-corrected chi connectivity index (χ1v) is 12.1. The molecule has 180 valence electrons. The van der Waals surface area contributed by atoms with Gasteiger partial charge in [0.05, 0.1) is 26.3 Å². The minimum atomic E-state index is -0.696. The highest BCUT2D eigenvalue weighted by Crippen LogP contribution is 2.32. The zero-order chi connectivity index (χ0) is 24.0. The van der Waals surface area contributed by atoms with E-state index in [-0.39, 0.29) is 12.5 Å². The number of aromatic nitrogens is 2. The molecule has 3 aliphatic heterocycles. The Hall–Kier alpha value is -2.46. The van der Waals surface area contributed by atoms with Crippen molar-refractivity contribution in [3.63, 3.8) is 0 Å². The average Bonchev–Trinajstić information content (AvgIpc) is 3.33. The monoisotopic (exact) mass is 505 g/mol. The van der Waals surface area contributed by atoms with Crippen LogP contribution in [0.1, 0.15) is 23.7 Å². The van der Waals surface area contributed by atoms with Crippen LogP contribution >= 0.6 is 23.2 Å². The van der Waals surface area contributed by atoms with Crippen molar-refractivity contribution >= 4 is 46.9 Å². The second-order valence-corrected chi connectivity index (χ2v) is 9.59. The lowest BCUT2D eigenvalue weighted by Crippen LogP contribution is -2.62. The lowest BCUT2D eigenvalue weighted by atomic mass is 10.1. The van der Waals surface area contributed by atoms with Crippen molar-refractivity contribution in [1.82, 2.24) is 19.3 Å². The van der Waals surface area contributed by atoms with Crippen LogP contribution in [0.15, 0.2) is 29.4 Å². The highest BCUT2D eigenvalue weighted by Gasteiger charge is 2.53. The Labute approximate surface area is 208 Å². The minimum Gasteiger partial charge on any atom is -0.379 e. The molecule has 2 fully saturated rings. The summed E-state index contributed by atoms with van der Waals surface area (Å²) >= 11 is 12.6. The number of carbonyl (C=O) groups excluding carboxylic acids is 2. The van der Waals surface area contributed by atoms with Crippen molar-refractivity contribution in [2.45, 2.75) is 32.5 Å². The number of amidine groups is 1. The first-order chi connectivity index (χ1) is 16.4. The van der Waals surface area contributed by atoms with Gasteiger partial charge in [0.15, 0.2) is 0 Å². The van der Waals surface area contributed by atoms with Crippen LogP contribution in [-0.2, 0) is 22.6 Å². The van der Waals surface area contributed by atoms with Crippen molar-refractivity contribution < 1.29 is 18.9 Å². The molecule has 1 aromatic heterocycles. The molecule has 0 N–H and O–H groups in total. The van der Waals surface area contributed by atoms with E-state index < -0.39 is 12.1 Å². The second kappa shape index (κ2) is 9.30. The number of ether oxygens (including phenoxy) is 1. The number of hydrogen-bond acceptors (Lipinski definition) is 5. The molecular weight excluding hydrogens is 479 g/mol. The number of aryl methyl sites for hydroxylation is 1. The summed E-state index contributed by atoms with van der Waals surface area (Å²) < 4.78 is 9.41. The van der Waals surface area contributed by atoms with E-state index in [4.69, 9.17) is 32.9 Å². The molecule has 9 nitrogen and oxygen atoms in total. The largest absolute Gasteiger partial charge is 0.401 e. The van der Waals surface area contributed by atoms with Gasteiger partial charge in [-0.3, -0.25) is 19.5 Å². The Kier molecular flexibility index (Phi) is 6.37. The molecule has 3 aliphatic rings. The maximum atomic E-state index is 13.6. The van der Waals surface area contributed by atoms with Crippen LogP contribution in [0, 0.1) is 6.92 Å². The summed E-state index contributed by atoms with van der Waals surface area (Å²) in [5.41, 5.74) is 1.56. The van der Waals surface area contributed by atoms with Crippen LogP contribution in [0.3, 0.4) is 0 Å². The lowest BCUT2D eigenvalue weighted by Gasteiger charge is -2.33. The molecule has 34 heavy (non-hydrogen) atoms. The van der Waals surface area contributed by atoms with E-state index in [1.165, 1.54) is 9.80 Å². The van der Waals surface area contributed by atoms with Crippen molar-refractivity contribution in [3.8, 4) is 0 Å². The van der Waals surface area contributed by atoms with Crippen LogP contribution in [0.4, 0.5) is 10.7 Å². The second-order valence-electron chi connectivity index (χ2n) is 8.78. The first kappa shape index (κ1) is 23.3. The maximum Gasteiger partial charge on any atom is 0.401 e. The molecule has 3 amide bonds. The number of morpholine rings is 1. The van der Waals surface area contributed by atoms with E-state index in [0.717, 1.165) is 51.5 Å². The molecular formula is C23H27Cl2N6O3+. The van der Waals surface area contributed by atoms with E-state index in [1.54, 1.807) is 25.2 Å². The Morgan fingerprint density at radius 3 is 2.56 bits per heavy atom. The lowest BCUT2D eigenvalue weighted by molar-refractivity contribution is -0.677. The Balaban J connectivity index is 1.38. The molecule has 0 radical (unpaired) electrons. The molecule has 2 saturated heterocycles. The van der Waals surface area contributed by atoms with Gasteiger partial charge in [-0.1, -0.05) is 34.3 Å². The predicted octanol–water partition coefficient (Wildman–Crippen LogP) is 2.79. The number of imidazole rings is 1. The van der Waals surface area contributed by atoms with Crippen LogP contribution in [-0.4, -0.2) is 76.9 Å². The third kappa shape index (κ3) is 4.00. The van der Waals surface area contributed by atoms with Gasteiger partial charge in [-0.2, -0.15) is 0 Å². The number of hydrogen-bond donors (Lipinski definition) is 0. The number of amides is 3. The summed E-state index contributed by atoms with van der Waals surface area (Å²) in [5.74, 6) is 0.783. The number of aliphatic imine (C=N–C) groups is 1. The fourth-order valence-corrected chi connectivity index (χ4v) is 5.29. The van der Waals surface area contributed by atoms with Gasteiger partial charge in [0.2, 0.25) is 11.9 Å². The molecule has 1 unspecified atom stereocenters. The molecule has 5 rings (SSSR count). The zero-order valence-electron chi connectivity index (χ0n) is 19.2. The molecule has 0 aliphatic carbocycles. The molecule has 0 spiro atoms. The number of halogens is 2. The van der Waals surface area contributed by atoms with Crippen molar-refractivity contribution in [2.75, 3.05) is 39.9 Å². The van der Waals surface area contributed by atoms with Crippen molar-refractivity contribution in [3.05, 3.63) is 45.7 Å². The molecule has 1 atom stereocenters. The van der Waals surface area contributed by atoms with Crippen molar-refractivity contribution in [1.29, 1.82) is 0 Å².